The third-order valence-electron chi connectivity index (χ3n) is 4.69. The van der Waals surface area contributed by atoms with Gasteiger partial charge in [-0.05, 0) is 48.4 Å². The molecule has 0 spiro atoms. The number of nitriles is 1. The van der Waals surface area contributed by atoms with Gasteiger partial charge in [-0.25, -0.2) is 8.42 Å². The van der Waals surface area contributed by atoms with Crippen LogP contribution in [-0.4, -0.2) is 38.4 Å². The van der Waals surface area contributed by atoms with E-state index in [1.165, 1.54) is 28.6 Å². The molecule has 0 amide bonds. The highest BCUT2D eigenvalue weighted by atomic mass is 32.2. The summed E-state index contributed by atoms with van der Waals surface area (Å²) in [6, 6.07) is 14.0. The van der Waals surface area contributed by atoms with Gasteiger partial charge in [-0.2, -0.15) is 21.3 Å². The van der Waals surface area contributed by atoms with Gasteiger partial charge in [0.2, 0.25) is 16.8 Å². The Kier molecular flexibility index (Phi) is 5.00. The van der Waals surface area contributed by atoms with Gasteiger partial charge in [0.25, 0.3) is 0 Å². The van der Waals surface area contributed by atoms with E-state index in [0.29, 0.717) is 24.4 Å². The zero-order valence-electron chi connectivity index (χ0n) is 14.5. The van der Waals surface area contributed by atoms with Crippen LogP contribution in [-0.2, 0) is 10.0 Å². The van der Waals surface area contributed by atoms with Crippen LogP contribution in [0.2, 0.25) is 0 Å². The Balaban J connectivity index is 1.50. The van der Waals surface area contributed by atoms with Crippen molar-refractivity contribution in [2.45, 2.75) is 16.6 Å². The fraction of sp³-hybridized carbons (Fsp3) is 0.316. The summed E-state index contributed by atoms with van der Waals surface area (Å²) in [7, 11) is -3.56. The molecule has 140 valence electrons. The number of sulfonamides is 1. The van der Waals surface area contributed by atoms with E-state index in [4.69, 9.17) is 14.7 Å². The summed E-state index contributed by atoms with van der Waals surface area (Å²) in [6.07, 6.45) is 0.722. The molecule has 4 rings (SSSR count). The van der Waals surface area contributed by atoms with E-state index >= 15 is 0 Å². The summed E-state index contributed by atoms with van der Waals surface area (Å²) in [5.41, 5.74) is 1.57. The molecule has 0 radical (unpaired) electrons. The molecule has 1 saturated heterocycles. The Hall–Kier alpha value is -2.21. The quantitative estimate of drug-likeness (QED) is 0.785. The van der Waals surface area contributed by atoms with Crippen LogP contribution >= 0.6 is 11.8 Å². The topological polar surface area (TPSA) is 79.6 Å². The molecule has 0 saturated carbocycles. The normalized spacial score (nSPS) is 20.0. The van der Waals surface area contributed by atoms with Gasteiger partial charge in [-0.3, -0.25) is 0 Å². The van der Waals surface area contributed by atoms with E-state index in [-0.39, 0.29) is 16.9 Å². The lowest BCUT2D eigenvalue weighted by Crippen LogP contribution is -2.33. The van der Waals surface area contributed by atoms with Crippen LogP contribution in [0.5, 0.6) is 11.5 Å². The lowest BCUT2D eigenvalue weighted by Gasteiger charge is -2.20. The van der Waals surface area contributed by atoms with Crippen LogP contribution < -0.4 is 9.47 Å². The number of ether oxygens (including phenoxy) is 2. The average Bonchev–Trinajstić information content (AvgIpc) is 3.01. The first-order valence-corrected chi connectivity index (χ1v) is 11.1. The summed E-state index contributed by atoms with van der Waals surface area (Å²) in [6.45, 7) is 1.16. The average molecular weight is 402 g/mol. The Labute approximate surface area is 162 Å². The molecular weight excluding hydrogens is 384 g/mol. The van der Waals surface area contributed by atoms with Crippen molar-refractivity contribution < 1.29 is 17.9 Å². The summed E-state index contributed by atoms with van der Waals surface area (Å²) >= 11 is 1.76. The van der Waals surface area contributed by atoms with E-state index in [1.807, 2.05) is 24.3 Å². The molecule has 2 heterocycles. The molecule has 2 aliphatic heterocycles. The van der Waals surface area contributed by atoms with Crippen molar-refractivity contribution in [1.82, 2.24) is 4.31 Å². The molecule has 2 aliphatic rings. The monoisotopic (exact) mass is 402 g/mol. The predicted molar refractivity (Wildman–Crippen MR) is 102 cm³/mol. The molecule has 8 heteroatoms. The first-order valence-electron chi connectivity index (χ1n) is 8.59. The second kappa shape index (κ2) is 7.43. The number of benzene rings is 2. The smallest absolute Gasteiger partial charge is 0.243 e. The first kappa shape index (κ1) is 18.2. The van der Waals surface area contributed by atoms with Crippen LogP contribution in [0.1, 0.15) is 22.8 Å². The zero-order chi connectivity index (χ0) is 18.9. The number of nitrogens with zero attached hydrogens (tertiary/aromatic N) is 2. The third kappa shape index (κ3) is 3.63. The molecule has 6 nitrogen and oxygen atoms in total. The van der Waals surface area contributed by atoms with E-state index in [9.17, 15) is 8.42 Å². The number of fused-ring (bicyclic) bond motifs is 1. The fourth-order valence-corrected chi connectivity index (χ4v) is 6.01. The van der Waals surface area contributed by atoms with Crippen molar-refractivity contribution in [2.24, 2.45) is 0 Å². The second-order valence-electron chi connectivity index (χ2n) is 6.30. The lowest BCUT2D eigenvalue weighted by atomic mass is 10.1. The van der Waals surface area contributed by atoms with Gasteiger partial charge in [0.05, 0.1) is 16.5 Å². The first-order chi connectivity index (χ1) is 13.1. The van der Waals surface area contributed by atoms with Gasteiger partial charge in [0.15, 0.2) is 11.5 Å². The van der Waals surface area contributed by atoms with Gasteiger partial charge in [-0.1, -0.05) is 6.07 Å². The van der Waals surface area contributed by atoms with Crippen LogP contribution in [0.25, 0.3) is 0 Å². The summed E-state index contributed by atoms with van der Waals surface area (Å²) < 4.78 is 38.2. The summed E-state index contributed by atoms with van der Waals surface area (Å²) in [5, 5.41) is 9.09. The molecular formula is C19H18N2O4S2. The Morgan fingerprint density at radius 2 is 1.85 bits per heavy atom. The van der Waals surface area contributed by atoms with Gasteiger partial charge < -0.3 is 9.47 Å². The minimum atomic E-state index is -3.56. The van der Waals surface area contributed by atoms with E-state index in [0.717, 1.165) is 23.5 Å². The maximum Gasteiger partial charge on any atom is 0.243 e. The van der Waals surface area contributed by atoms with E-state index in [1.54, 1.807) is 11.8 Å². The van der Waals surface area contributed by atoms with Gasteiger partial charge in [0, 0.05) is 24.1 Å². The van der Waals surface area contributed by atoms with Crippen LogP contribution in [0, 0.1) is 11.3 Å². The van der Waals surface area contributed by atoms with Crippen molar-refractivity contribution in [3.05, 3.63) is 53.6 Å². The standard InChI is InChI=1S/C19H18N2O4S2/c20-12-14-1-4-16(5-2-14)27(22,23)21-8-7-19(26-10-9-21)15-3-6-17-18(11-15)25-13-24-17/h1-6,11,19H,7-10,13H2. The van der Waals surface area contributed by atoms with Crippen molar-refractivity contribution in [3.8, 4) is 17.6 Å². The van der Waals surface area contributed by atoms with Crippen molar-refractivity contribution in [3.63, 3.8) is 0 Å². The van der Waals surface area contributed by atoms with Crippen LogP contribution in [0.4, 0.5) is 0 Å². The molecule has 1 unspecified atom stereocenters. The maximum atomic E-state index is 12.9. The van der Waals surface area contributed by atoms with Crippen LogP contribution in [0.3, 0.4) is 0 Å². The van der Waals surface area contributed by atoms with Crippen molar-refractivity contribution in [2.75, 3.05) is 25.6 Å². The van der Waals surface area contributed by atoms with E-state index in [2.05, 4.69) is 0 Å². The highest BCUT2D eigenvalue weighted by Gasteiger charge is 2.29. The van der Waals surface area contributed by atoms with E-state index < -0.39 is 10.0 Å². The van der Waals surface area contributed by atoms with Crippen molar-refractivity contribution in [1.29, 1.82) is 5.26 Å². The molecule has 27 heavy (non-hydrogen) atoms. The SMILES string of the molecule is N#Cc1ccc(S(=O)(=O)N2CCSC(c3ccc4c(c3)OCO4)CC2)cc1. The Morgan fingerprint density at radius 3 is 2.63 bits per heavy atom. The highest BCUT2D eigenvalue weighted by molar-refractivity contribution is 7.99. The van der Waals surface area contributed by atoms with Crippen molar-refractivity contribution >= 4 is 21.8 Å². The number of rotatable bonds is 3. The molecule has 0 aliphatic carbocycles. The largest absolute Gasteiger partial charge is 0.454 e. The number of hydrogen-bond acceptors (Lipinski definition) is 6. The molecule has 1 atom stereocenters. The van der Waals surface area contributed by atoms with Gasteiger partial charge in [-0.15, -0.1) is 0 Å². The van der Waals surface area contributed by atoms with Crippen LogP contribution in [0.15, 0.2) is 47.4 Å². The van der Waals surface area contributed by atoms with Gasteiger partial charge in [0.1, 0.15) is 0 Å². The minimum Gasteiger partial charge on any atom is -0.454 e. The van der Waals surface area contributed by atoms with Gasteiger partial charge >= 0.3 is 0 Å². The Morgan fingerprint density at radius 1 is 1.07 bits per heavy atom. The third-order valence-corrected chi connectivity index (χ3v) is 7.93. The second-order valence-corrected chi connectivity index (χ2v) is 9.55. The minimum absolute atomic E-state index is 0.209. The summed E-state index contributed by atoms with van der Waals surface area (Å²) in [4.78, 5) is 0.230. The molecule has 2 aromatic rings. The zero-order valence-corrected chi connectivity index (χ0v) is 16.1. The lowest BCUT2D eigenvalue weighted by molar-refractivity contribution is 0.174. The molecule has 0 aromatic heterocycles. The highest BCUT2D eigenvalue weighted by Crippen LogP contribution is 2.40. The summed E-state index contributed by atoms with van der Waals surface area (Å²) in [5.74, 6) is 2.22. The number of thioether (sulfide) groups is 1. The number of hydrogen-bond donors (Lipinski definition) is 0. The molecule has 2 aromatic carbocycles. The fourth-order valence-electron chi connectivity index (χ4n) is 3.22. The maximum absolute atomic E-state index is 12.9. The Bertz CT molecular complexity index is 984. The molecule has 0 bridgehead atoms. The molecule has 1 fully saturated rings. The predicted octanol–water partition coefficient (Wildman–Crippen LogP) is 3.16. The molecule has 0 N–H and O–H groups in total.